The van der Waals surface area contributed by atoms with Crippen LogP contribution >= 0.6 is 11.6 Å². The van der Waals surface area contributed by atoms with E-state index in [1.807, 2.05) is 6.07 Å². The van der Waals surface area contributed by atoms with Crippen molar-refractivity contribution in [1.82, 2.24) is 39.7 Å². The van der Waals surface area contributed by atoms with Crippen LogP contribution in [-0.2, 0) is 4.74 Å². The molecule has 1 aliphatic carbocycles. The third-order valence-electron chi connectivity index (χ3n) is 7.52. The summed E-state index contributed by atoms with van der Waals surface area (Å²) in [4.78, 5) is 37.4. The third kappa shape index (κ3) is 4.84. The average Bonchev–Trinajstić information content (AvgIpc) is 3.67. The number of tetrazole rings is 1. The molecule has 5 heterocycles. The van der Waals surface area contributed by atoms with Gasteiger partial charge in [-0.05, 0) is 85.2 Å². The van der Waals surface area contributed by atoms with Gasteiger partial charge in [-0.2, -0.15) is 9.07 Å². The summed E-state index contributed by atoms with van der Waals surface area (Å²) in [7, 11) is 0. The van der Waals surface area contributed by atoms with Crippen molar-refractivity contribution in [3.8, 4) is 28.1 Å². The van der Waals surface area contributed by atoms with Gasteiger partial charge in [0.1, 0.15) is 29.6 Å². The summed E-state index contributed by atoms with van der Waals surface area (Å²) in [6.45, 7) is 5.18. The van der Waals surface area contributed by atoms with Crippen LogP contribution in [0.25, 0.3) is 33.6 Å². The second-order valence-corrected chi connectivity index (χ2v) is 12.0. The lowest BCUT2D eigenvalue weighted by Crippen LogP contribution is -2.27. The fraction of sp³-hybridized carbons (Fsp3) is 0.233. The molecule has 0 spiro atoms. The van der Waals surface area contributed by atoms with Crippen LogP contribution in [0.3, 0.4) is 0 Å². The minimum absolute atomic E-state index is 0.0134. The first-order chi connectivity index (χ1) is 21.1. The quantitative estimate of drug-likeness (QED) is 0.250. The zero-order valence-corrected chi connectivity index (χ0v) is 24.5. The molecule has 1 amide bonds. The summed E-state index contributed by atoms with van der Waals surface area (Å²) in [5.41, 5.74) is 3.51. The molecule has 2 N–H and O–H groups in total. The maximum Gasteiger partial charge on any atom is 0.413 e. The fourth-order valence-corrected chi connectivity index (χ4v) is 5.82. The Kier molecular flexibility index (Phi) is 6.43. The van der Waals surface area contributed by atoms with Gasteiger partial charge in [0.15, 0.2) is 0 Å². The van der Waals surface area contributed by atoms with Gasteiger partial charge in [-0.1, -0.05) is 17.7 Å². The highest BCUT2D eigenvalue weighted by atomic mass is 35.5. The second kappa shape index (κ2) is 10.2. The van der Waals surface area contributed by atoms with E-state index >= 15 is 4.39 Å². The molecule has 4 aromatic heterocycles. The highest BCUT2D eigenvalue weighted by Gasteiger charge is 2.43. The lowest BCUT2D eigenvalue weighted by molar-refractivity contribution is 0.0635. The van der Waals surface area contributed by atoms with Gasteiger partial charge in [-0.15, -0.1) is 5.10 Å². The van der Waals surface area contributed by atoms with Gasteiger partial charge in [0.25, 0.3) is 5.56 Å². The van der Waals surface area contributed by atoms with Crippen molar-refractivity contribution >= 4 is 29.1 Å². The van der Waals surface area contributed by atoms with E-state index < -0.39 is 23.7 Å². The number of aromatic nitrogens is 8. The minimum atomic E-state index is -0.800. The van der Waals surface area contributed by atoms with Gasteiger partial charge in [0, 0.05) is 28.3 Å². The molecule has 12 nitrogen and oxygen atoms in total. The molecule has 0 saturated heterocycles. The minimum Gasteiger partial charge on any atom is -0.444 e. The number of hydrogen-bond donors (Lipinski definition) is 2. The molecule has 7 rings (SSSR count). The largest absolute Gasteiger partial charge is 0.444 e. The molecule has 5 aromatic rings. The van der Waals surface area contributed by atoms with Gasteiger partial charge in [0.05, 0.1) is 23.1 Å². The first-order valence-corrected chi connectivity index (χ1v) is 14.2. The Balaban J connectivity index is 1.21. The van der Waals surface area contributed by atoms with Crippen LogP contribution in [0.4, 0.5) is 15.0 Å². The first kappa shape index (κ1) is 27.7. The van der Waals surface area contributed by atoms with E-state index in [4.69, 9.17) is 16.3 Å². The molecule has 1 aromatic carbocycles. The molecular formula is C30H25ClFN9O3. The normalized spacial score (nSPS) is 17.0. The number of anilines is 1. The van der Waals surface area contributed by atoms with E-state index in [0.717, 1.165) is 17.7 Å². The van der Waals surface area contributed by atoms with Crippen LogP contribution in [0.1, 0.15) is 44.8 Å². The van der Waals surface area contributed by atoms with Crippen molar-refractivity contribution in [3.05, 3.63) is 93.9 Å². The van der Waals surface area contributed by atoms with Crippen molar-refractivity contribution in [2.24, 2.45) is 5.92 Å². The van der Waals surface area contributed by atoms with Gasteiger partial charge in [-0.3, -0.25) is 14.7 Å². The number of H-pyrrole nitrogens is 1. The number of carbonyl (C=O) groups excluding carboxylic acids is 1. The second-order valence-electron chi connectivity index (χ2n) is 11.5. The summed E-state index contributed by atoms with van der Waals surface area (Å²) in [6, 6.07) is 11.4. The predicted octanol–water partition coefficient (Wildman–Crippen LogP) is 5.42. The van der Waals surface area contributed by atoms with Crippen LogP contribution in [0.15, 0.2) is 65.9 Å². The highest BCUT2D eigenvalue weighted by molar-refractivity contribution is 6.31. The molecule has 2 atom stereocenters. The number of nitrogens with zero attached hydrogens (tertiary/aromatic N) is 7. The molecule has 222 valence electrons. The smallest absolute Gasteiger partial charge is 0.413 e. The van der Waals surface area contributed by atoms with Crippen molar-refractivity contribution < 1.29 is 13.9 Å². The number of pyridine rings is 2. The molecule has 0 radical (unpaired) electrons. The van der Waals surface area contributed by atoms with Gasteiger partial charge < -0.3 is 9.72 Å². The lowest BCUT2D eigenvalue weighted by atomic mass is 9.81. The van der Waals surface area contributed by atoms with E-state index in [0.29, 0.717) is 33.4 Å². The topological polar surface area (TPSA) is 146 Å². The molecule has 0 bridgehead atoms. The Morgan fingerprint density at radius 1 is 1.16 bits per heavy atom. The zero-order chi connectivity index (χ0) is 30.7. The molecule has 2 aliphatic rings. The number of nitrogens with one attached hydrogen (secondary N) is 2. The summed E-state index contributed by atoms with van der Waals surface area (Å²) in [5.74, 6) is -0.235. The number of fused-ring (bicyclic) bond motifs is 3. The van der Waals surface area contributed by atoms with Crippen molar-refractivity contribution in [2.45, 2.75) is 38.8 Å². The molecule has 0 fully saturated rings. The monoisotopic (exact) mass is 613 g/mol. The maximum absolute atomic E-state index is 15.1. The number of imidazole rings is 1. The van der Waals surface area contributed by atoms with E-state index in [1.165, 1.54) is 29.3 Å². The van der Waals surface area contributed by atoms with Crippen molar-refractivity contribution in [1.29, 1.82) is 0 Å². The number of amides is 1. The Hall–Kier alpha value is -5.17. The molecule has 14 heteroatoms. The number of allylic oxidation sites excluding steroid dienone is 2. The summed E-state index contributed by atoms with van der Waals surface area (Å²) in [6.07, 6.45) is 5.12. The summed E-state index contributed by atoms with van der Waals surface area (Å²) in [5, 5.41) is 14.4. The first-order valence-electron chi connectivity index (χ1n) is 13.8. The van der Waals surface area contributed by atoms with Crippen molar-refractivity contribution in [3.63, 3.8) is 0 Å². The van der Waals surface area contributed by atoms with Crippen LogP contribution in [0.5, 0.6) is 0 Å². The maximum atomic E-state index is 15.1. The Bertz CT molecular complexity index is 2030. The summed E-state index contributed by atoms with van der Waals surface area (Å²) >= 11 is 6.35. The van der Waals surface area contributed by atoms with E-state index in [9.17, 15) is 9.59 Å². The molecule has 0 saturated carbocycles. The molecule has 1 aliphatic heterocycles. The number of benzene rings is 1. The zero-order valence-electron chi connectivity index (χ0n) is 23.7. The number of rotatable bonds is 5. The predicted molar refractivity (Wildman–Crippen MR) is 160 cm³/mol. The standard InChI is InChI=1S/C30H25ClFN9O3/c1-30(2,3)44-29(43)37-24-9-7-19(27(32)36-24)21-13-33-28(35-21)26-18-6-5-17(18)23-10-15(11-25(42)41(23)26)20-12-16(31)4-8-22(20)40-14-34-38-39-40/h4-5,7-14,18,26H,6H2,1-3H3,(H,33,35)(H,36,37,43)/t18-,26-/m0/s1. The Morgan fingerprint density at radius 3 is 2.70 bits per heavy atom. The number of halogens is 2. The fourth-order valence-electron chi connectivity index (χ4n) is 5.65. The third-order valence-corrected chi connectivity index (χ3v) is 7.76. The van der Waals surface area contributed by atoms with Gasteiger partial charge in [-0.25, -0.2) is 14.8 Å². The lowest BCUT2D eigenvalue weighted by Gasteiger charge is -2.24. The number of aromatic amines is 1. The number of carbonyl (C=O) groups is 1. The Morgan fingerprint density at radius 2 is 2.00 bits per heavy atom. The van der Waals surface area contributed by atoms with E-state index in [-0.39, 0.29) is 22.9 Å². The Labute approximate surface area is 254 Å². The van der Waals surface area contributed by atoms with Gasteiger partial charge in [0.2, 0.25) is 5.95 Å². The number of hydrogen-bond acceptors (Lipinski definition) is 8. The summed E-state index contributed by atoms with van der Waals surface area (Å²) < 4.78 is 23.5. The van der Waals surface area contributed by atoms with Crippen molar-refractivity contribution in [2.75, 3.05) is 5.32 Å². The van der Waals surface area contributed by atoms with Gasteiger partial charge >= 0.3 is 6.09 Å². The SMILES string of the molecule is CC(C)(C)OC(=O)Nc1ccc(-c2cnc([C@@H]3[C@H]4CC=C4c4cc(-c5cc(Cl)ccc5-n5cnnn5)cc(=O)n43)[nH]2)c(F)n1. The van der Waals surface area contributed by atoms with Crippen LogP contribution in [-0.4, -0.2) is 51.4 Å². The molecular weight excluding hydrogens is 589 g/mol. The number of ether oxygens (including phenoxy) is 1. The van der Waals surface area contributed by atoms with E-state index in [1.54, 1.807) is 49.6 Å². The molecule has 44 heavy (non-hydrogen) atoms. The highest BCUT2D eigenvalue weighted by Crippen LogP contribution is 2.51. The molecule has 0 unspecified atom stereocenters. The van der Waals surface area contributed by atoms with Crippen LogP contribution in [0.2, 0.25) is 5.02 Å². The van der Waals surface area contributed by atoms with E-state index in [2.05, 4.69) is 41.9 Å². The van der Waals surface area contributed by atoms with Crippen LogP contribution < -0.4 is 10.9 Å². The van der Waals surface area contributed by atoms with Crippen LogP contribution in [0, 0.1) is 11.9 Å². The average molecular weight is 614 g/mol.